The lowest BCUT2D eigenvalue weighted by Gasteiger charge is -2.15. The molecule has 0 bridgehead atoms. The van der Waals surface area contributed by atoms with Gasteiger partial charge in [0.2, 0.25) is 0 Å². The van der Waals surface area contributed by atoms with Gasteiger partial charge in [0, 0.05) is 22.0 Å². The van der Waals surface area contributed by atoms with Crippen LogP contribution in [0.25, 0.3) is 0 Å². The van der Waals surface area contributed by atoms with Crippen LogP contribution in [0.2, 0.25) is 5.02 Å². The molecule has 0 aromatic heterocycles. The lowest BCUT2D eigenvalue weighted by atomic mass is 10.1. The summed E-state index contributed by atoms with van der Waals surface area (Å²) < 4.78 is 0. The third-order valence-electron chi connectivity index (χ3n) is 4.87. The van der Waals surface area contributed by atoms with E-state index in [2.05, 4.69) is 10.6 Å². The van der Waals surface area contributed by atoms with Crippen molar-refractivity contribution in [3.63, 3.8) is 0 Å². The second kappa shape index (κ2) is 9.38. The quantitative estimate of drug-likeness (QED) is 0.425. The minimum absolute atomic E-state index is 0.0703. The van der Waals surface area contributed by atoms with Crippen LogP contribution in [0.15, 0.2) is 83.5 Å². The Morgan fingerprint density at radius 3 is 2.18 bits per heavy atom. The maximum Gasteiger partial charge on any atom is 0.335 e. The zero-order valence-corrected chi connectivity index (χ0v) is 18.7. The third-order valence-corrected chi connectivity index (χ3v) is 5.48. The highest BCUT2D eigenvalue weighted by molar-refractivity contribution is 6.53. The van der Waals surface area contributed by atoms with Gasteiger partial charge >= 0.3 is 5.97 Å². The van der Waals surface area contributed by atoms with Gasteiger partial charge in [-0.05, 0) is 60.7 Å². The van der Waals surface area contributed by atoms with Crippen molar-refractivity contribution in [3.05, 3.63) is 99.7 Å². The maximum atomic E-state index is 13.0. The fraction of sp³-hybridized carbons (Fsp3) is 0. The van der Waals surface area contributed by atoms with Gasteiger partial charge in [-0.25, -0.2) is 9.69 Å². The summed E-state index contributed by atoms with van der Waals surface area (Å²) in [7, 11) is 0. The van der Waals surface area contributed by atoms with E-state index in [-0.39, 0.29) is 22.0 Å². The van der Waals surface area contributed by atoms with Crippen molar-refractivity contribution in [2.45, 2.75) is 0 Å². The Bertz CT molecular complexity index is 1370. The SMILES string of the molecule is O=C(O)c1cccc(N2C(=O)C(Cl)=C(Nc3cccc(C(=O)Nc4ccc(Cl)cc4)c3)C2=O)c1. The number of aromatic carboxylic acids is 1. The molecule has 8 nitrogen and oxygen atoms in total. The van der Waals surface area contributed by atoms with E-state index in [0.717, 1.165) is 4.90 Å². The molecular formula is C24H15Cl2N3O5. The number of rotatable bonds is 6. The highest BCUT2D eigenvalue weighted by Crippen LogP contribution is 2.30. The molecule has 0 spiro atoms. The van der Waals surface area contributed by atoms with Crippen LogP contribution >= 0.6 is 23.2 Å². The number of carbonyl (C=O) groups is 4. The van der Waals surface area contributed by atoms with Gasteiger partial charge in [-0.1, -0.05) is 35.3 Å². The number of hydrogen-bond acceptors (Lipinski definition) is 5. The molecule has 0 aliphatic carbocycles. The third kappa shape index (κ3) is 4.63. The molecule has 10 heteroatoms. The molecule has 170 valence electrons. The highest BCUT2D eigenvalue weighted by atomic mass is 35.5. The second-order valence-corrected chi connectivity index (χ2v) is 7.97. The van der Waals surface area contributed by atoms with Gasteiger partial charge in [-0.15, -0.1) is 0 Å². The number of nitrogens with one attached hydrogen (secondary N) is 2. The number of carboxylic acid groups (broad SMARTS) is 1. The molecular weight excluding hydrogens is 481 g/mol. The molecule has 1 aliphatic rings. The Labute approximate surface area is 203 Å². The number of carboxylic acids is 1. The predicted molar refractivity (Wildman–Crippen MR) is 128 cm³/mol. The van der Waals surface area contributed by atoms with Crippen LogP contribution in [0.4, 0.5) is 17.1 Å². The number of halogens is 2. The lowest BCUT2D eigenvalue weighted by Crippen LogP contribution is -2.32. The van der Waals surface area contributed by atoms with Gasteiger partial charge in [-0.2, -0.15) is 0 Å². The average molecular weight is 496 g/mol. The Balaban J connectivity index is 1.54. The summed E-state index contributed by atoms with van der Waals surface area (Å²) in [5.74, 6) is -3.15. The first kappa shape index (κ1) is 23.0. The summed E-state index contributed by atoms with van der Waals surface area (Å²) in [5.41, 5.74) is 0.978. The molecule has 1 heterocycles. The van der Waals surface area contributed by atoms with Gasteiger partial charge in [0.15, 0.2) is 0 Å². The summed E-state index contributed by atoms with van der Waals surface area (Å²) in [6, 6.07) is 18.3. The fourth-order valence-corrected chi connectivity index (χ4v) is 3.58. The van der Waals surface area contributed by atoms with Crippen molar-refractivity contribution in [2.24, 2.45) is 0 Å². The Morgan fingerprint density at radius 1 is 0.794 bits per heavy atom. The monoisotopic (exact) mass is 495 g/mol. The molecule has 34 heavy (non-hydrogen) atoms. The van der Waals surface area contributed by atoms with E-state index >= 15 is 0 Å². The van der Waals surface area contributed by atoms with Crippen LogP contribution in [0.3, 0.4) is 0 Å². The number of amides is 3. The summed E-state index contributed by atoms with van der Waals surface area (Å²) in [6.07, 6.45) is 0. The van der Waals surface area contributed by atoms with Crippen LogP contribution in [0.5, 0.6) is 0 Å². The first-order valence-electron chi connectivity index (χ1n) is 9.80. The minimum Gasteiger partial charge on any atom is -0.478 e. The maximum absolute atomic E-state index is 13.0. The van der Waals surface area contributed by atoms with E-state index in [9.17, 15) is 24.3 Å². The number of carbonyl (C=O) groups excluding carboxylic acids is 3. The molecule has 3 N–H and O–H groups in total. The fourth-order valence-electron chi connectivity index (χ4n) is 3.24. The van der Waals surface area contributed by atoms with Crippen molar-refractivity contribution in [2.75, 3.05) is 15.5 Å². The second-order valence-electron chi connectivity index (χ2n) is 7.16. The van der Waals surface area contributed by atoms with Crippen molar-refractivity contribution in [3.8, 4) is 0 Å². The molecule has 4 rings (SSSR count). The molecule has 0 saturated heterocycles. The van der Waals surface area contributed by atoms with E-state index in [4.69, 9.17) is 23.2 Å². The number of anilines is 3. The highest BCUT2D eigenvalue weighted by Gasteiger charge is 2.39. The number of nitrogens with zero attached hydrogens (tertiary/aromatic N) is 1. The standard InChI is InChI=1S/C24H15Cl2N3O5/c25-15-7-9-16(10-8-15)28-21(30)13-3-1-5-17(11-13)27-20-19(26)22(31)29(23(20)32)18-6-2-4-14(12-18)24(33)34/h1-12,27H,(H,28,30)(H,33,34). The van der Waals surface area contributed by atoms with Crippen molar-refractivity contribution in [1.82, 2.24) is 0 Å². The van der Waals surface area contributed by atoms with Gasteiger partial charge in [0.1, 0.15) is 10.7 Å². The molecule has 1 aliphatic heterocycles. The zero-order chi connectivity index (χ0) is 24.4. The van der Waals surface area contributed by atoms with Gasteiger partial charge < -0.3 is 15.7 Å². The lowest BCUT2D eigenvalue weighted by molar-refractivity contribution is -0.120. The molecule has 0 atom stereocenters. The first-order valence-corrected chi connectivity index (χ1v) is 10.6. The first-order chi connectivity index (χ1) is 16.2. The largest absolute Gasteiger partial charge is 0.478 e. The Hall–Kier alpha value is -4.14. The number of imide groups is 1. The summed E-state index contributed by atoms with van der Waals surface area (Å²) in [4.78, 5) is 50.3. The molecule has 0 radical (unpaired) electrons. The number of hydrogen-bond donors (Lipinski definition) is 3. The zero-order valence-electron chi connectivity index (χ0n) is 17.2. The predicted octanol–water partition coefficient (Wildman–Crippen LogP) is 4.73. The van der Waals surface area contributed by atoms with Gasteiger partial charge in [-0.3, -0.25) is 14.4 Å². The van der Waals surface area contributed by atoms with E-state index in [0.29, 0.717) is 22.0 Å². The van der Waals surface area contributed by atoms with Crippen LogP contribution in [-0.4, -0.2) is 28.8 Å². The molecule has 3 aromatic carbocycles. The van der Waals surface area contributed by atoms with Crippen molar-refractivity contribution >= 4 is 64.0 Å². The van der Waals surface area contributed by atoms with Gasteiger partial charge in [0.05, 0.1) is 11.3 Å². The van der Waals surface area contributed by atoms with E-state index < -0.39 is 23.7 Å². The molecule has 0 saturated carbocycles. The van der Waals surface area contributed by atoms with Crippen LogP contribution in [0, 0.1) is 0 Å². The van der Waals surface area contributed by atoms with Gasteiger partial charge in [0.25, 0.3) is 17.7 Å². The molecule has 0 fully saturated rings. The topological polar surface area (TPSA) is 116 Å². The summed E-state index contributed by atoms with van der Waals surface area (Å²) in [6.45, 7) is 0. The van der Waals surface area contributed by atoms with Crippen molar-refractivity contribution in [1.29, 1.82) is 0 Å². The molecule has 3 aromatic rings. The number of benzene rings is 3. The molecule has 0 unspecified atom stereocenters. The van der Waals surface area contributed by atoms with Crippen LogP contribution < -0.4 is 15.5 Å². The van der Waals surface area contributed by atoms with E-state index in [1.165, 1.54) is 30.3 Å². The Kier molecular flexibility index (Phi) is 6.36. The minimum atomic E-state index is -1.20. The normalized spacial score (nSPS) is 13.3. The van der Waals surface area contributed by atoms with E-state index in [1.807, 2.05) is 0 Å². The average Bonchev–Trinajstić information content (AvgIpc) is 3.04. The summed E-state index contributed by atoms with van der Waals surface area (Å²) in [5, 5.41) is 14.9. The van der Waals surface area contributed by atoms with E-state index in [1.54, 1.807) is 42.5 Å². The van der Waals surface area contributed by atoms with Crippen LogP contribution in [-0.2, 0) is 9.59 Å². The smallest absolute Gasteiger partial charge is 0.335 e. The summed E-state index contributed by atoms with van der Waals surface area (Å²) >= 11 is 12.0. The Morgan fingerprint density at radius 2 is 1.47 bits per heavy atom. The molecule has 3 amide bonds. The van der Waals surface area contributed by atoms with Crippen LogP contribution in [0.1, 0.15) is 20.7 Å². The van der Waals surface area contributed by atoms with Crippen molar-refractivity contribution < 1.29 is 24.3 Å².